The molecule has 0 amide bonds. The van der Waals surface area contributed by atoms with E-state index >= 15 is 0 Å². The third kappa shape index (κ3) is 1.84. The lowest BCUT2D eigenvalue weighted by Gasteiger charge is -2.05. The third-order valence-electron chi connectivity index (χ3n) is 1.51. The molecule has 0 aliphatic heterocycles. The molecule has 0 atom stereocenters. The van der Waals surface area contributed by atoms with Crippen molar-refractivity contribution in [2.45, 2.75) is 0 Å². The maximum Gasteiger partial charge on any atom is 0.256 e. The van der Waals surface area contributed by atoms with Gasteiger partial charge in [0.25, 0.3) is 5.24 Å². The fourth-order valence-corrected chi connectivity index (χ4v) is 1.03. The lowest BCUT2D eigenvalue weighted by atomic mass is 10.2. The Balaban J connectivity index is 3.28. The number of rotatable bonds is 2. The van der Waals surface area contributed by atoms with Crippen molar-refractivity contribution in [2.75, 3.05) is 7.11 Å². The van der Waals surface area contributed by atoms with E-state index in [1.165, 1.54) is 7.11 Å². The minimum atomic E-state index is -0.838. The highest BCUT2D eigenvalue weighted by Gasteiger charge is 2.13. The van der Waals surface area contributed by atoms with Gasteiger partial charge in [0, 0.05) is 6.07 Å². The van der Waals surface area contributed by atoms with Gasteiger partial charge in [0.15, 0.2) is 11.5 Å². The lowest BCUT2D eigenvalue weighted by molar-refractivity contribution is 0.107. The van der Waals surface area contributed by atoms with Gasteiger partial charge in [-0.3, -0.25) is 4.79 Å². The number of phenols is 2. The number of phenolic OH excluding ortho intramolecular Hbond substituents is 2. The third-order valence-corrected chi connectivity index (χ3v) is 1.71. The van der Waals surface area contributed by atoms with E-state index in [1.54, 1.807) is 0 Å². The zero-order valence-electron chi connectivity index (χ0n) is 6.74. The van der Waals surface area contributed by atoms with Crippen molar-refractivity contribution in [3.05, 3.63) is 17.7 Å². The van der Waals surface area contributed by atoms with Crippen LogP contribution in [0.4, 0.5) is 0 Å². The van der Waals surface area contributed by atoms with E-state index in [-0.39, 0.29) is 22.8 Å². The van der Waals surface area contributed by atoms with Gasteiger partial charge in [-0.1, -0.05) is 0 Å². The summed E-state index contributed by atoms with van der Waals surface area (Å²) in [6.07, 6.45) is 0. The van der Waals surface area contributed by atoms with E-state index in [1.807, 2.05) is 0 Å². The molecule has 0 heterocycles. The van der Waals surface area contributed by atoms with Gasteiger partial charge in [0.2, 0.25) is 0 Å². The van der Waals surface area contributed by atoms with Crippen molar-refractivity contribution in [1.29, 1.82) is 0 Å². The highest BCUT2D eigenvalue weighted by atomic mass is 35.5. The molecule has 1 aromatic carbocycles. The predicted molar refractivity (Wildman–Crippen MR) is 46.5 cm³/mol. The van der Waals surface area contributed by atoms with Gasteiger partial charge >= 0.3 is 0 Å². The Morgan fingerprint density at radius 1 is 1.38 bits per heavy atom. The molecule has 0 aliphatic carbocycles. The first-order valence-corrected chi connectivity index (χ1v) is 3.74. The molecular formula is C8H7ClO4. The summed E-state index contributed by atoms with van der Waals surface area (Å²) in [7, 11) is 1.33. The second-order valence-corrected chi connectivity index (χ2v) is 2.66. The van der Waals surface area contributed by atoms with E-state index in [2.05, 4.69) is 0 Å². The van der Waals surface area contributed by atoms with Crippen LogP contribution in [0, 0.1) is 0 Å². The summed E-state index contributed by atoms with van der Waals surface area (Å²) in [5.41, 5.74) is -0.153. The van der Waals surface area contributed by atoms with Gasteiger partial charge in [-0.2, -0.15) is 0 Å². The first kappa shape index (κ1) is 9.67. The number of benzene rings is 1. The molecule has 1 rings (SSSR count). The van der Waals surface area contributed by atoms with Gasteiger partial charge in [0.1, 0.15) is 5.75 Å². The van der Waals surface area contributed by atoms with Crippen molar-refractivity contribution in [3.63, 3.8) is 0 Å². The topological polar surface area (TPSA) is 66.8 Å². The fraction of sp³-hybridized carbons (Fsp3) is 0.125. The molecule has 5 heteroatoms. The van der Waals surface area contributed by atoms with E-state index in [9.17, 15) is 15.0 Å². The molecule has 70 valence electrons. The minimum Gasteiger partial charge on any atom is -0.507 e. The number of carbonyl (C=O) groups excluding carboxylic acids is 1. The number of ether oxygens (including phenoxy) is 1. The van der Waals surface area contributed by atoms with Crippen molar-refractivity contribution >= 4 is 16.8 Å². The molecule has 0 saturated heterocycles. The maximum atomic E-state index is 10.7. The molecule has 0 radical (unpaired) electrons. The Hall–Kier alpha value is -1.42. The summed E-state index contributed by atoms with van der Waals surface area (Å²) < 4.78 is 4.70. The molecule has 0 aromatic heterocycles. The van der Waals surface area contributed by atoms with Crippen LogP contribution in [0.25, 0.3) is 0 Å². The highest BCUT2D eigenvalue weighted by Crippen LogP contribution is 2.33. The smallest absolute Gasteiger partial charge is 0.256 e. The Bertz CT molecular complexity index is 348. The van der Waals surface area contributed by atoms with Crippen LogP contribution in [0.1, 0.15) is 10.4 Å². The minimum absolute atomic E-state index is 0.0826. The summed E-state index contributed by atoms with van der Waals surface area (Å²) in [5, 5.41) is 17.6. The number of carbonyl (C=O) groups is 1. The molecule has 0 saturated carbocycles. The lowest BCUT2D eigenvalue weighted by Crippen LogP contribution is -1.91. The van der Waals surface area contributed by atoms with Gasteiger partial charge in [-0.05, 0) is 17.7 Å². The normalized spacial score (nSPS) is 9.69. The van der Waals surface area contributed by atoms with Crippen LogP contribution in [0.5, 0.6) is 17.2 Å². The second-order valence-electron chi connectivity index (χ2n) is 2.31. The Labute approximate surface area is 79.3 Å². The van der Waals surface area contributed by atoms with Crippen molar-refractivity contribution in [3.8, 4) is 17.2 Å². The summed E-state index contributed by atoms with van der Waals surface area (Å²) in [5.74, 6) is -0.488. The average molecular weight is 203 g/mol. The SMILES string of the molecule is COc1cc(O)c(C(=O)Cl)cc1O. The quantitative estimate of drug-likeness (QED) is 0.563. The van der Waals surface area contributed by atoms with Gasteiger partial charge in [-0.25, -0.2) is 0 Å². The molecule has 0 fully saturated rings. The molecule has 13 heavy (non-hydrogen) atoms. The standard InChI is InChI=1S/C8H7ClO4/c1-13-7-3-5(10)4(8(9)12)2-6(7)11/h2-3,10-11H,1H3. The number of hydrogen-bond acceptors (Lipinski definition) is 4. The largest absolute Gasteiger partial charge is 0.507 e. The second kappa shape index (κ2) is 3.53. The zero-order chi connectivity index (χ0) is 10.0. The van der Waals surface area contributed by atoms with Crippen LogP contribution in [0.3, 0.4) is 0 Å². The monoisotopic (exact) mass is 202 g/mol. The first-order chi connectivity index (χ1) is 6.06. The first-order valence-electron chi connectivity index (χ1n) is 3.36. The molecule has 0 aliphatic rings. The van der Waals surface area contributed by atoms with Gasteiger partial charge < -0.3 is 14.9 Å². The number of halogens is 1. The molecular weight excluding hydrogens is 196 g/mol. The van der Waals surface area contributed by atoms with Crippen molar-refractivity contribution in [1.82, 2.24) is 0 Å². The van der Waals surface area contributed by atoms with Crippen molar-refractivity contribution in [2.24, 2.45) is 0 Å². The molecule has 0 bridgehead atoms. The Kier molecular flexibility index (Phi) is 2.63. The van der Waals surface area contributed by atoms with Crippen molar-refractivity contribution < 1.29 is 19.7 Å². The molecule has 4 nitrogen and oxygen atoms in total. The zero-order valence-corrected chi connectivity index (χ0v) is 7.50. The summed E-state index contributed by atoms with van der Waals surface area (Å²) in [6.45, 7) is 0. The van der Waals surface area contributed by atoms with E-state index in [0.29, 0.717) is 0 Å². The summed E-state index contributed by atoms with van der Waals surface area (Å²) in [6, 6.07) is 2.16. The van der Waals surface area contributed by atoms with Crippen LogP contribution in [-0.4, -0.2) is 22.6 Å². The van der Waals surface area contributed by atoms with Gasteiger partial charge in [0.05, 0.1) is 12.7 Å². The summed E-state index contributed by atoms with van der Waals surface area (Å²) >= 11 is 5.13. The summed E-state index contributed by atoms with van der Waals surface area (Å²) in [4.78, 5) is 10.7. The van der Waals surface area contributed by atoms with Crippen LogP contribution in [0.15, 0.2) is 12.1 Å². The molecule has 1 aromatic rings. The van der Waals surface area contributed by atoms with Gasteiger partial charge in [-0.15, -0.1) is 0 Å². The predicted octanol–water partition coefficient (Wildman–Crippen LogP) is 1.49. The van der Waals surface area contributed by atoms with E-state index in [0.717, 1.165) is 12.1 Å². The highest BCUT2D eigenvalue weighted by molar-refractivity contribution is 6.68. The van der Waals surface area contributed by atoms with E-state index < -0.39 is 5.24 Å². The molecule has 0 unspecified atom stereocenters. The van der Waals surface area contributed by atoms with Crippen LogP contribution in [-0.2, 0) is 0 Å². The average Bonchev–Trinajstić information content (AvgIpc) is 2.07. The number of hydrogen-bond donors (Lipinski definition) is 2. The maximum absolute atomic E-state index is 10.7. The fourth-order valence-electron chi connectivity index (χ4n) is 0.879. The van der Waals surface area contributed by atoms with Crippen LogP contribution < -0.4 is 4.74 Å². The molecule has 2 N–H and O–H groups in total. The molecule has 0 spiro atoms. The van der Waals surface area contributed by atoms with E-state index in [4.69, 9.17) is 16.3 Å². The Morgan fingerprint density at radius 3 is 2.46 bits per heavy atom. The number of aromatic hydroxyl groups is 2. The number of methoxy groups -OCH3 is 1. The Morgan fingerprint density at radius 2 is 2.00 bits per heavy atom. The van der Waals surface area contributed by atoms with Crippen LogP contribution >= 0.6 is 11.6 Å². The van der Waals surface area contributed by atoms with Crippen LogP contribution in [0.2, 0.25) is 0 Å².